The van der Waals surface area contributed by atoms with Gasteiger partial charge in [0.1, 0.15) is 0 Å². The number of nitrogens with zero attached hydrogens (tertiary/aromatic N) is 1. The third kappa shape index (κ3) is 4.29. The van der Waals surface area contributed by atoms with E-state index in [4.69, 9.17) is 4.74 Å². The zero-order valence-corrected chi connectivity index (χ0v) is 14.0. The van der Waals surface area contributed by atoms with Crippen LogP contribution in [-0.2, 0) is 4.74 Å². The molecule has 3 heteroatoms. The predicted molar refractivity (Wildman–Crippen MR) is 86.2 cm³/mol. The quantitative estimate of drug-likeness (QED) is 0.924. The van der Waals surface area contributed by atoms with Crippen molar-refractivity contribution in [2.75, 3.05) is 19.6 Å². The molecule has 2 rings (SSSR count). The van der Waals surface area contributed by atoms with Gasteiger partial charge in [-0.3, -0.25) is 4.90 Å². The Morgan fingerprint density at radius 3 is 2.52 bits per heavy atom. The van der Waals surface area contributed by atoms with Crippen molar-refractivity contribution in [1.29, 1.82) is 0 Å². The average Bonchev–Trinajstić information content (AvgIpc) is 2.35. The van der Waals surface area contributed by atoms with E-state index in [1.807, 2.05) is 30.3 Å². The van der Waals surface area contributed by atoms with E-state index in [1.165, 1.54) is 0 Å². The van der Waals surface area contributed by atoms with Gasteiger partial charge in [0.2, 0.25) is 0 Å². The fraction of sp³-hybridized carbons (Fsp3) is 0.667. The third-order valence-corrected chi connectivity index (χ3v) is 4.13. The Balaban J connectivity index is 2.06. The van der Waals surface area contributed by atoms with Gasteiger partial charge in [-0.1, -0.05) is 44.2 Å². The van der Waals surface area contributed by atoms with Crippen LogP contribution in [0, 0.1) is 5.41 Å². The average molecular weight is 291 g/mol. The maximum atomic E-state index is 10.7. The highest BCUT2D eigenvalue weighted by molar-refractivity contribution is 5.19. The monoisotopic (exact) mass is 291 g/mol. The van der Waals surface area contributed by atoms with E-state index in [9.17, 15) is 5.11 Å². The van der Waals surface area contributed by atoms with Crippen molar-refractivity contribution in [3.8, 4) is 0 Å². The SMILES string of the molecule is CC1CN(CC(C)(C)C(O)c2ccccc2)CC(C)(C)O1. The molecule has 0 bridgehead atoms. The van der Waals surface area contributed by atoms with E-state index in [0.29, 0.717) is 0 Å². The Labute approximate surface area is 128 Å². The van der Waals surface area contributed by atoms with Crippen LogP contribution in [0.25, 0.3) is 0 Å². The van der Waals surface area contributed by atoms with Gasteiger partial charge in [0.15, 0.2) is 0 Å². The molecule has 0 spiro atoms. The lowest BCUT2D eigenvalue weighted by atomic mass is 9.81. The lowest BCUT2D eigenvalue weighted by Gasteiger charge is -2.45. The minimum absolute atomic E-state index is 0.120. The molecule has 3 nitrogen and oxygen atoms in total. The molecule has 0 saturated carbocycles. The summed E-state index contributed by atoms with van der Waals surface area (Å²) >= 11 is 0. The lowest BCUT2D eigenvalue weighted by Crippen LogP contribution is -2.54. The molecule has 0 amide bonds. The molecule has 21 heavy (non-hydrogen) atoms. The van der Waals surface area contributed by atoms with Gasteiger partial charge in [-0.15, -0.1) is 0 Å². The molecule has 1 fully saturated rings. The summed E-state index contributed by atoms with van der Waals surface area (Å²) in [6.45, 7) is 13.4. The molecule has 1 aromatic rings. The summed E-state index contributed by atoms with van der Waals surface area (Å²) in [5.41, 5.74) is 0.669. The molecule has 1 aliphatic rings. The van der Waals surface area contributed by atoms with Crippen LogP contribution in [0.1, 0.15) is 46.3 Å². The maximum Gasteiger partial charge on any atom is 0.0853 e. The number of hydrogen-bond acceptors (Lipinski definition) is 3. The van der Waals surface area contributed by atoms with Gasteiger partial charge < -0.3 is 9.84 Å². The van der Waals surface area contributed by atoms with Crippen LogP contribution >= 0.6 is 0 Å². The first-order valence-electron chi connectivity index (χ1n) is 7.83. The van der Waals surface area contributed by atoms with Gasteiger partial charge in [-0.05, 0) is 26.3 Å². The van der Waals surface area contributed by atoms with E-state index < -0.39 is 6.10 Å². The first-order valence-corrected chi connectivity index (χ1v) is 7.83. The van der Waals surface area contributed by atoms with Gasteiger partial charge in [0.05, 0.1) is 17.8 Å². The van der Waals surface area contributed by atoms with Crippen LogP contribution in [0.2, 0.25) is 0 Å². The predicted octanol–water partition coefficient (Wildman–Crippen LogP) is 3.25. The van der Waals surface area contributed by atoms with E-state index in [0.717, 1.165) is 25.2 Å². The fourth-order valence-electron chi connectivity index (χ4n) is 3.46. The highest BCUT2D eigenvalue weighted by Crippen LogP contribution is 2.35. The van der Waals surface area contributed by atoms with Crippen LogP contribution in [0.4, 0.5) is 0 Å². The summed E-state index contributed by atoms with van der Waals surface area (Å²) < 4.78 is 5.96. The van der Waals surface area contributed by atoms with Gasteiger partial charge >= 0.3 is 0 Å². The largest absolute Gasteiger partial charge is 0.388 e. The van der Waals surface area contributed by atoms with Gasteiger partial charge in [-0.2, -0.15) is 0 Å². The third-order valence-electron chi connectivity index (χ3n) is 4.13. The molecule has 0 aromatic heterocycles. The second-order valence-corrected chi connectivity index (χ2v) is 7.66. The lowest BCUT2D eigenvalue weighted by molar-refractivity contribution is -0.138. The minimum atomic E-state index is -0.458. The summed E-state index contributed by atoms with van der Waals surface area (Å²) in [4.78, 5) is 2.42. The summed E-state index contributed by atoms with van der Waals surface area (Å²) in [7, 11) is 0. The van der Waals surface area contributed by atoms with E-state index >= 15 is 0 Å². The van der Waals surface area contributed by atoms with E-state index in [1.54, 1.807) is 0 Å². The smallest absolute Gasteiger partial charge is 0.0853 e. The molecule has 0 aliphatic carbocycles. The molecule has 1 heterocycles. The molecule has 1 aliphatic heterocycles. The zero-order chi connectivity index (χ0) is 15.7. The number of ether oxygens (including phenoxy) is 1. The van der Waals surface area contributed by atoms with Crippen molar-refractivity contribution in [1.82, 2.24) is 4.90 Å². The maximum absolute atomic E-state index is 10.7. The fourth-order valence-corrected chi connectivity index (χ4v) is 3.46. The minimum Gasteiger partial charge on any atom is -0.388 e. The van der Waals surface area contributed by atoms with E-state index in [-0.39, 0.29) is 17.1 Å². The molecule has 1 saturated heterocycles. The molecule has 2 unspecified atom stereocenters. The van der Waals surface area contributed by atoms with Crippen molar-refractivity contribution < 1.29 is 9.84 Å². The Bertz CT molecular complexity index is 456. The molecule has 118 valence electrons. The standard InChI is InChI=1S/C18H29NO2/c1-14-11-19(13-18(4,5)21-14)12-17(2,3)16(20)15-9-7-6-8-10-15/h6-10,14,16,20H,11-13H2,1-5H3. The molecule has 1 N–H and O–H groups in total. The van der Waals surface area contributed by atoms with Crippen LogP contribution < -0.4 is 0 Å². The number of morpholine rings is 1. The number of aliphatic hydroxyl groups excluding tert-OH is 1. The van der Waals surface area contributed by atoms with Crippen molar-refractivity contribution in [2.45, 2.75) is 52.4 Å². The summed E-state index contributed by atoms with van der Waals surface area (Å²) in [5.74, 6) is 0. The second kappa shape index (κ2) is 6.07. The van der Waals surface area contributed by atoms with E-state index in [2.05, 4.69) is 39.5 Å². The Kier molecular flexibility index (Phi) is 4.76. The Morgan fingerprint density at radius 2 is 1.95 bits per heavy atom. The first kappa shape index (κ1) is 16.5. The number of benzene rings is 1. The van der Waals surface area contributed by atoms with Crippen LogP contribution in [0.5, 0.6) is 0 Å². The molecular weight excluding hydrogens is 262 g/mol. The van der Waals surface area contributed by atoms with Crippen molar-refractivity contribution in [3.05, 3.63) is 35.9 Å². The normalized spacial score (nSPS) is 24.8. The number of hydrogen-bond donors (Lipinski definition) is 1. The van der Waals surface area contributed by atoms with Gasteiger partial charge in [-0.25, -0.2) is 0 Å². The Morgan fingerprint density at radius 1 is 1.33 bits per heavy atom. The molecule has 0 radical (unpaired) electrons. The Hall–Kier alpha value is -0.900. The van der Waals surface area contributed by atoms with Gasteiger partial charge in [0.25, 0.3) is 0 Å². The topological polar surface area (TPSA) is 32.7 Å². The summed E-state index contributed by atoms with van der Waals surface area (Å²) in [6.07, 6.45) is -0.224. The van der Waals surface area contributed by atoms with Crippen LogP contribution in [0.15, 0.2) is 30.3 Å². The first-order chi connectivity index (χ1) is 9.70. The van der Waals surface area contributed by atoms with Crippen molar-refractivity contribution >= 4 is 0 Å². The van der Waals surface area contributed by atoms with Crippen LogP contribution in [0.3, 0.4) is 0 Å². The summed E-state index contributed by atoms with van der Waals surface area (Å²) in [6, 6.07) is 9.94. The van der Waals surface area contributed by atoms with Crippen LogP contribution in [-0.4, -0.2) is 41.3 Å². The number of aliphatic hydroxyl groups is 1. The highest BCUT2D eigenvalue weighted by Gasteiger charge is 2.37. The molecule has 1 aromatic carbocycles. The molecule has 2 atom stereocenters. The number of rotatable bonds is 4. The zero-order valence-electron chi connectivity index (χ0n) is 14.0. The summed E-state index contributed by atoms with van der Waals surface area (Å²) in [5, 5.41) is 10.7. The van der Waals surface area contributed by atoms with Crippen molar-refractivity contribution in [3.63, 3.8) is 0 Å². The second-order valence-electron chi connectivity index (χ2n) is 7.66. The molecular formula is C18H29NO2. The van der Waals surface area contributed by atoms with Crippen molar-refractivity contribution in [2.24, 2.45) is 5.41 Å². The van der Waals surface area contributed by atoms with Gasteiger partial charge in [0, 0.05) is 25.0 Å². The highest BCUT2D eigenvalue weighted by atomic mass is 16.5.